The van der Waals surface area contributed by atoms with Crippen molar-refractivity contribution < 1.29 is 4.79 Å². The van der Waals surface area contributed by atoms with Gasteiger partial charge in [0, 0.05) is 5.56 Å². The Labute approximate surface area is 138 Å². The Bertz CT molecular complexity index is 702. The highest BCUT2D eigenvalue weighted by atomic mass is 35.5. The van der Waals surface area contributed by atoms with Crippen LogP contribution in [0.3, 0.4) is 0 Å². The zero-order valence-corrected chi connectivity index (χ0v) is 13.2. The number of amides is 1. The van der Waals surface area contributed by atoms with Gasteiger partial charge in [-0.1, -0.05) is 47.5 Å². The number of fused-ring (bicyclic) bond motifs is 1. The van der Waals surface area contributed by atoms with Crippen LogP contribution in [0.1, 0.15) is 27.5 Å². The molecular weight excluding hydrogens is 329 g/mol. The Balaban J connectivity index is 1.83. The first kappa shape index (κ1) is 14.7. The second-order valence-electron chi connectivity index (χ2n) is 5.00. The third-order valence-electron chi connectivity index (χ3n) is 3.64. The van der Waals surface area contributed by atoms with Crippen molar-refractivity contribution in [2.45, 2.75) is 17.8 Å². The molecule has 0 saturated carbocycles. The van der Waals surface area contributed by atoms with E-state index in [-0.39, 0.29) is 17.3 Å². The van der Waals surface area contributed by atoms with Crippen LogP contribution in [0.25, 0.3) is 0 Å². The molecule has 0 saturated heterocycles. The molecule has 21 heavy (non-hydrogen) atoms. The Kier molecular flexibility index (Phi) is 4.12. The zero-order valence-electron chi connectivity index (χ0n) is 10.9. The fraction of sp³-hybridized carbons (Fsp3) is 0.188. The number of alkyl halides is 1. The average molecular weight is 341 g/mol. The van der Waals surface area contributed by atoms with E-state index in [0.29, 0.717) is 15.6 Å². The molecule has 2 nitrogen and oxygen atoms in total. The molecule has 0 aromatic heterocycles. The summed E-state index contributed by atoms with van der Waals surface area (Å²) < 4.78 is 0. The normalized spacial score (nSPS) is 20.1. The lowest BCUT2D eigenvalue weighted by atomic mass is 10.1. The number of benzene rings is 2. The fourth-order valence-electron chi connectivity index (χ4n) is 2.58. The molecule has 1 N–H and O–H groups in total. The maximum atomic E-state index is 12.3. The maximum Gasteiger partial charge on any atom is 0.251 e. The van der Waals surface area contributed by atoms with Gasteiger partial charge in [-0.15, -0.1) is 11.6 Å². The van der Waals surface area contributed by atoms with Crippen LogP contribution in [-0.2, 0) is 6.42 Å². The van der Waals surface area contributed by atoms with Crippen LogP contribution in [0.4, 0.5) is 0 Å². The van der Waals surface area contributed by atoms with Crippen molar-refractivity contribution in [2.75, 3.05) is 0 Å². The van der Waals surface area contributed by atoms with E-state index in [2.05, 4.69) is 5.32 Å². The average Bonchev–Trinajstić information content (AvgIpc) is 2.78. The molecule has 2 aromatic carbocycles. The van der Waals surface area contributed by atoms with Gasteiger partial charge in [0.25, 0.3) is 5.91 Å². The molecule has 2 aromatic rings. The Morgan fingerprint density at radius 2 is 1.86 bits per heavy atom. The Hall–Kier alpha value is -1.22. The molecule has 0 fully saturated rings. The van der Waals surface area contributed by atoms with Gasteiger partial charge in [-0.3, -0.25) is 4.79 Å². The lowest BCUT2D eigenvalue weighted by Gasteiger charge is -2.17. The van der Waals surface area contributed by atoms with Gasteiger partial charge in [-0.25, -0.2) is 0 Å². The first-order valence-electron chi connectivity index (χ1n) is 6.54. The summed E-state index contributed by atoms with van der Waals surface area (Å²) in [6.07, 6.45) is 0.754. The molecule has 108 valence electrons. The Morgan fingerprint density at radius 3 is 2.62 bits per heavy atom. The van der Waals surface area contributed by atoms with Crippen molar-refractivity contribution in [2.24, 2.45) is 0 Å². The van der Waals surface area contributed by atoms with Crippen LogP contribution in [0, 0.1) is 0 Å². The van der Waals surface area contributed by atoms with Crippen LogP contribution in [-0.4, -0.2) is 11.3 Å². The molecule has 0 bridgehead atoms. The van der Waals surface area contributed by atoms with Crippen LogP contribution in [0.5, 0.6) is 0 Å². The largest absolute Gasteiger partial charge is 0.344 e. The second-order valence-corrected chi connectivity index (χ2v) is 6.37. The SMILES string of the molecule is O=C(NC1c2ccccc2CC1Cl)c1ccc(Cl)c(Cl)c1. The van der Waals surface area contributed by atoms with Gasteiger partial charge in [0.1, 0.15) is 0 Å². The van der Waals surface area contributed by atoms with E-state index in [1.54, 1.807) is 18.2 Å². The van der Waals surface area contributed by atoms with Crippen LogP contribution >= 0.6 is 34.8 Å². The number of rotatable bonds is 2. The summed E-state index contributed by atoms with van der Waals surface area (Å²) in [7, 11) is 0. The number of hydrogen-bond donors (Lipinski definition) is 1. The fourth-order valence-corrected chi connectivity index (χ4v) is 3.24. The summed E-state index contributed by atoms with van der Waals surface area (Å²) in [5.41, 5.74) is 2.72. The minimum absolute atomic E-state index is 0.144. The van der Waals surface area contributed by atoms with Gasteiger partial charge in [0.15, 0.2) is 0 Å². The van der Waals surface area contributed by atoms with E-state index in [4.69, 9.17) is 34.8 Å². The lowest BCUT2D eigenvalue weighted by Crippen LogP contribution is -2.31. The van der Waals surface area contributed by atoms with E-state index in [9.17, 15) is 4.79 Å². The molecule has 1 aliphatic carbocycles. The van der Waals surface area contributed by atoms with E-state index in [0.717, 1.165) is 12.0 Å². The van der Waals surface area contributed by atoms with Crippen molar-refractivity contribution in [1.29, 1.82) is 0 Å². The molecule has 1 aliphatic rings. The van der Waals surface area contributed by atoms with E-state index in [1.165, 1.54) is 5.56 Å². The number of carbonyl (C=O) groups is 1. The topological polar surface area (TPSA) is 29.1 Å². The highest BCUT2D eigenvalue weighted by Crippen LogP contribution is 2.35. The third kappa shape index (κ3) is 2.89. The van der Waals surface area contributed by atoms with E-state index < -0.39 is 0 Å². The minimum Gasteiger partial charge on any atom is -0.344 e. The van der Waals surface area contributed by atoms with Gasteiger partial charge in [0.05, 0.1) is 21.5 Å². The van der Waals surface area contributed by atoms with Crippen LogP contribution in [0.15, 0.2) is 42.5 Å². The summed E-state index contributed by atoms with van der Waals surface area (Å²) in [5, 5.41) is 3.62. The first-order chi connectivity index (χ1) is 10.1. The Morgan fingerprint density at radius 1 is 1.10 bits per heavy atom. The predicted octanol–water partition coefficient (Wildman–Crippen LogP) is 4.63. The highest BCUT2D eigenvalue weighted by Gasteiger charge is 2.32. The summed E-state index contributed by atoms with van der Waals surface area (Å²) in [6.45, 7) is 0. The van der Waals surface area contributed by atoms with E-state index >= 15 is 0 Å². The quantitative estimate of drug-likeness (QED) is 0.794. The monoisotopic (exact) mass is 339 g/mol. The molecule has 0 aliphatic heterocycles. The second kappa shape index (κ2) is 5.88. The molecule has 2 atom stereocenters. The van der Waals surface area contributed by atoms with Crippen molar-refractivity contribution in [3.63, 3.8) is 0 Å². The summed E-state index contributed by atoms with van der Waals surface area (Å²) in [4.78, 5) is 12.3. The molecule has 1 amide bonds. The molecular formula is C16H12Cl3NO. The lowest BCUT2D eigenvalue weighted by molar-refractivity contribution is 0.0937. The first-order valence-corrected chi connectivity index (χ1v) is 7.73. The van der Waals surface area contributed by atoms with Crippen molar-refractivity contribution in [1.82, 2.24) is 5.32 Å². The van der Waals surface area contributed by atoms with Crippen molar-refractivity contribution in [3.8, 4) is 0 Å². The number of halogens is 3. The molecule has 3 rings (SSSR count). The predicted molar refractivity (Wildman–Crippen MR) is 86.5 cm³/mol. The van der Waals surface area contributed by atoms with Gasteiger partial charge >= 0.3 is 0 Å². The summed E-state index contributed by atoms with van der Waals surface area (Å²) in [6, 6.07) is 12.6. The van der Waals surface area contributed by atoms with Crippen LogP contribution < -0.4 is 5.32 Å². The van der Waals surface area contributed by atoms with Gasteiger partial charge < -0.3 is 5.32 Å². The number of nitrogens with one attached hydrogen (secondary N) is 1. The maximum absolute atomic E-state index is 12.3. The minimum atomic E-state index is -0.207. The summed E-state index contributed by atoms with van der Waals surface area (Å²) in [5.74, 6) is -0.207. The molecule has 0 radical (unpaired) electrons. The standard InChI is InChI=1S/C16H12Cl3NO/c17-12-6-5-10(8-13(12)18)16(21)20-15-11-4-2-1-3-9(11)7-14(15)19/h1-6,8,14-15H,7H2,(H,20,21). The van der Waals surface area contributed by atoms with Crippen molar-refractivity contribution in [3.05, 3.63) is 69.2 Å². The zero-order chi connectivity index (χ0) is 15.0. The third-order valence-corrected chi connectivity index (χ3v) is 4.78. The molecule has 2 unspecified atom stereocenters. The number of hydrogen-bond acceptors (Lipinski definition) is 1. The van der Waals surface area contributed by atoms with Crippen LogP contribution in [0.2, 0.25) is 10.0 Å². The highest BCUT2D eigenvalue weighted by molar-refractivity contribution is 6.42. The molecule has 0 heterocycles. The summed E-state index contributed by atoms with van der Waals surface area (Å²) >= 11 is 18.2. The van der Waals surface area contributed by atoms with Crippen molar-refractivity contribution >= 4 is 40.7 Å². The van der Waals surface area contributed by atoms with Gasteiger partial charge in [0.2, 0.25) is 0 Å². The molecule has 5 heteroatoms. The number of carbonyl (C=O) groups excluding carboxylic acids is 1. The van der Waals surface area contributed by atoms with Gasteiger partial charge in [-0.2, -0.15) is 0 Å². The van der Waals surface area contributed by atoms with E-state index in [1.807, 2.05) is 24.3 Å². The smallest absolute Gasteiger partial charge is 0.251 e. The van der Waals surface area contributed by atoms with Gasteiger partial charge in [-0.05, 0) is 35.7 Å². The molecule has 0 spiro atoms.